The predicted octanol–water partition coefficient (Wildman–Crippen LogP) is 4.12. The predicted molar refractivity (Wildman–Crippen MR) is 121 cm³/mol. The Kier molecular flexibility index (Phi) is 7.16. The molecule has 1 amide bonds. The molecule has 1 fully saturated rings. The molecular formula is C22H32FN5O2S. The van der Waals surface area contributed by atoms with Crippen LogP contribution in [0.25, 0.3) is 0 Å². The van der Waals surface area contributed by atoms with Gasteiger partial charge in [0.25, 0.3) is 0 Å². The summed E-state index contributed by atoms with van der Waals surface area (Å²) >= 11 is 1.34. The van der Waals surface area contributed by atoms with Gasteiger partial charge in [-0.3, -0.25) is 4.90 Å². The number of rotatable bonds is 6. The highest BCUT2D eigenvalue weighted by molar-refractivity contribution is 7.09. The number of carbonyl (C=O) groups is 1. The molecule has 0 spiro atoms. The topological polar surface area (TPSA) is 70.6 Å². The molecule has 0 unspecified atom stereocenters. The van der Waals surface area contributed by atoms with E-state index in [0.717, 1.165) is 29.6 Å². The molecule has 2 aromatic rings. The van der Waals surface area contributed by atoms with Gasteiger partial charge in [0, 0.05) is 49.7 Å². The minimum atomic E-state index is -0.479. The summed E-state index contributed by atoms with van der Waals surface area (Å²) < 4.78 is 23.1. The minimum absolute atomic E-state index is 0.169. The number of piperazine rings is 1. The second-order valence-corrected chi connectivity index (χ2v) is 10.3. The molecule has 1 aromatic carbocycles. The van der Waals surface area contributed by atoms with E-state index in [1.54, 1.807) is 4.90 Å². The van der Waals surface area contributed by atoms with Crippen molar-refractivity contribution in [2.75, 3.05) is 38.0 Å². The van der Waals surface area contributed by atoms with Gasteiger partial charge in [-0.05, 0) is 38.5 Å². The van der Waals surface area contributed by atoms with E-state index >= 15 is 0 Å². The summed E-state index contributed by atoms with van der Waals surface area (Å²) in [5.74, 6) is 0.547. The highest BCUT2D eigenvalue weighted by Gasteiger charge is 2.26. The Balaban J connectivity index is 1.46. The van der Waals surface area contributed by atoms with E-state index < -0.39 is 5.60 Å². The first-order chi connectivity index (χ1) is 14.5. The zero-order chi connectivity index (χ0) is 22.6. The molecular weight excluding hydrogens is 417 g/mol. The van der Waals surface area contributed by atoms with Gasteiger partial charge >= 0.3 is 6.09 Å². The van der Waals surface area contributed by atoms with E-state index in [1.807, 2.05) is 32.9 Å². The molecule has 0 atom stereocenters. The van der Waals surface area contributed by atoms with Crippen molar-refractivity contribution in [2.45, 2.75) is 52.2 Å². The molecule has 170 valence electrons. The Morgan fingerprint density at radius 1 is 1.13 bits per heavy atom. The fraction of sp³-hybridized carbons (Fsp3) is 0.591. The summed E-state index contributed by atoms with van der Waals surface area (Å²) in [7, 11) is 0. The van der Waals surface area contributed by atoms with Crippen molar-refractivity contribution in [2.24, 2.45) is 0 Å². The van der Waals surface area contributed by atoms with Crippen LogP contribution < -0.4 is 5.32 Å². The first kappa shape index (κ1) is 23.4. The van der Waals surface area contributed by atoms with Gasteiger partial charge in [-0.2, -0.15) is 4.37 Å². The number of benzene rings is 1. The Labute approximate surface area is 187 Å². The second-order valence-electron chi connectivity index (χ2n) is 9.50. The van der Waals surface area contributed by atoms with Gasteiger partial charge < -0.3 is 15.0 Å². The zero-order valence-corrected chi connectivity index (χ0v) is 19.8. The average Bonchev–Trinajstić information content (AvgIpc) is 3.13. The van der Waals surface area contributed by atoms with Gasteiger partial charge in [0.15, 0.2) is 5.82 Å². The van der Waals surface area contributed by atoms with Crippen LogP contribution in [0.1, 0.15) is 46.0 Å². The molecule has 1 aliphatic rings. The van der Waals surface area contributed by atoms with Gasteiger partial charge in [-0.25, -0.2) is 14.2 Å². The van der Waals surface area contributed by atoms with E-state index in [-0.39, 0.29) is 17.3 Å². The first-order valence-corrected chi connectivity index (χ1v) is 11.3. The van der Waals surface area contributed by atoms with Gasteiger partial charge in [-0.15, -0.1) is 0 Å². The molecule has 0 aliphatic carbocycles. The Hall–Kier alpha value is -2.26. The standard InChI is InChI=1S/C22H32FN5O2S/c1-21(2,3)30-20(29)28-12-10-27(11-13-28)14-18-25-19(31-26-18)24-15-22(4,5)16-6-8-17(23)9-7-16/h6-9H,10-15H2,1-5H3,(H,24,25,26). The highest BCUT2D eigenvalue weighted by Crippen LogP contribution is 2.25. The lowest BCUT2D eigenvalue weighted by Gasteiger charge is -2.35. The van der Waals surface area contributed by atoms with Gasteiger partial charge in [0.05, 0.1) is 6.54 Å². The zero-order valence-electron chi connectivity index (χ0n) is 18.9. The monoisotopic (exact) mass is 449 g/mol. The summed E-state index contributed by atoms with van der Waals surface area (Å²) in [5, 5.41) is 4.14. The van der Waals surface area contributed by atoms with E-state index in [2.05, 4.69) is 33.4 Å². The summed E-state index contributed by atoms with van der Waals surface area (Å²) in [6.45, 7) is 14.0. The third-order valence-electron chi connectivity index (χ3n) is 5.16. The Bertz CT molecular complexity index is 871. The number of amides is 1. The maximum Gasteiger partial charge on any atom is 0.410 e. The SMILES string of the molecule is CC(C)(C)OC(=O)N1CCN(Cc2nsc(NCC(C)(C)c3ccc(F)cc3)n2)CC1. The summed E-state index contributed by atoms with van der Waals surface area (Å²) in [6, 6.07) is 6.62. The van der Waals surface area contributed by atoms with Gasteiger partial charge in [-0.1, -0.05) is 26.0 Å². The normalized spacial score (nSPS) is 15.7. The molecule has 9 heteroatoms. The molecule has 2 heterocycles. The number of anilines is 1. The summed E-state index contributed by atoms with van der Waals surface area (Å²) in [6.07, 6.45) is -0.255. The van der Waals surface area contributed by atoms with Crippen molar-refractivity contribution in [3.05, 3.63) is 41.5 Å². The molecule has 0 saturated carbocycles. The van der Waals surface area contributed by atoms with Crippen LogP contribution in [0, 0.1) is 5.82 Å². The molecule has 3 rings (SSSR count). The van der Waals surface area contributed by atoms with Crippen LogP contribution in [0.4, 0.5) is 14.3 Å². The molecule has 1 aliphatic heterocycles. The molecule has 1 aromatic heterocycles. The Morgan fingerprint density at radius 3 is 2.39 bits per heavy atom. The fourth-order valence-corrected chi connectivity index (χ4v) is 3.88. The maximum absolute atomic E-state index is 13.2. The van der Waals surface area contributed by atoms with Crippen LogP contribution in [0.2, 0.25) is 0 Å². The van der Waals surface area contributed by atoms with Crippen molar-refractivity contribution < 1.29 is 13.9 Å². The van der Waals surface area contributed by atoms with Crippen molar-refractivity contribution in [1.29, 1.82) is 0 Å². The van der Waals surface area contributed by atoms with E-state index in [9.17, 15) is 9.18 Å². The lowest BCUT2D eigenvalue weighted by Crippen LogP contribution is -2.49. The lowest BCUT2D eigenvalue weighted by molar-refractivity contribution is 0.0137. The lowest BCUT2D eigenvalue weighted by atomic mass is 9.85. The van der Waals surface area contributed by atoms with Crippen molar-refractivity contribution in [1.82, 2.24) is 19.2 Å². The Morgan fingerprint density at radius 2 is 1.77 bits per heavy atom. The molecule has 1 saturated heterocycles. The van der Waals surface area contributed by atoms with Crippen molar-refractivity contribution in [3.63, 3.8) is 0 Å². The summed E-state index contributed by atoms with van der Waals surface area (Å²) in [4.78, 5) is 20.8. The molecule has 0 bridgehead atoms. The number of ether oxygens (including phenoxy) is 1. The average molecular weight is 450 g/mol. The largest absolute Gasteiger partial charge is 0.444 e. The maximum atomic E-state index is 13.2. The van der Waals surface area contributed by atoms with Crippen LogP contribution in [-0.4, -0.2) is 63.6 Å². The number of carbonyl (C=O) groups excluding carboxylic acids is 1. The number of halogens is 1. The second kappa shape index (κ2) is 9.48. The van der Waals surface area contributed by atoms with Crippen LogP contribution in [-0.2, 0) is 16.7 Å². The van der Waals surface area contributed by atoms with E-state index in [1.165, 1.54) is 23.7 Å². The van der Waals surface area contributed by atoms with Crippen molar-refractivity contribution in [3.8, 4) is 0 Å². The van der Waals surface area contributed by atoms with Crippen LogP contribution >= 0.6 is 11.5 Å². The quantitative estimate of drug-likeness (QED) is 0.715. The molecule has 0 radical (unpaired) electrons. The number of nitrogens with one attached hydrogen (secondary N) is 1. The van der Waals surface area contributed by atoms with Crippen molar-refractivity contribution >= 4 is 22.8 Å². The molecule has 31 heavy (non-hydrogen) atoms. The molecule has 7 nitrogen and oxygen atoms in total. The number of nitrogens with zero attached hydrogens (tertiary/aromatic N) is 4. The van der Waals surface area contributed by atoms with Crippen LogP contribution in [0.3, 0.4) is 0 Å². The van der Waals surface area contributed by atoms with E-state index in [0.29, 0.717) is 26.2 Å². The number of hydrogen-bond donors (Lipinski definition) is 1. The van der Waals surface area contributed by atoms with Gasteiger partial charge in [0.1, 0.15) is 11.4 Å². The third-order valence-corrected chi connectivity index (χ3v) is 5.87. The minimum Gasteiger partial charge on any atom is -0.444 e. The third kappa shape index (κ3) is 6.87. The molecule has 1 N–H and O–H groups in total. The van der Waals surface area contributed by atoms with E-state index in [4.69, 9.17) is 4.74 Å². The number of aromatic nitrogens is 2. The van der Waals surface area contributed by atoms with Gasteiger partial charge in [0.2, 0.25) is 5.13 Å². The highest BCUT2D eigenvalue weighted by atomic mass is 32.1. The fourth-order valence-electron chi connectivity index (χ4n) is 3.30. The number of hydrogen-bond acceptors (Lipinski definition) is 7. The summed E-state index contributed by atoms with van der Waals surface area (Å²) in [5.41, 5.74) is 0.416. The van der Waals surface area contributed by atoms with Crippen LogP contribution in [0.15, 0.2) is 24.3 Å². The first-order valence-electron chi connectivity index (χ1n) is 10.5. The smallest absolute Gasteiger partial charge is 0.410 e. The van der Waals surface area contributed by atoms with Crippen LogP contribution in [0.5, 0.6) is 0 Å².